The van der Waals surface area contributed by atoms with E-state index in [0.29, 0.717) is 0 Å². The predicted octanol–water partition coefficient (Wildman–Crippen LogP) is -2.47. The minimum atomic E-state index is -4.31. The lowest BCUT2D eigenvalue weighted by atomic mass is 10.3. The molecule has 7 heteroatoms. The Bertz CT molecular complexity index is 237. The molecule has 1 rings (SSSR count). The monoisotopic (exact) mass is 183 g/mol. The summed E-state index contributed by atoms with van der Waals surface area (Å²) in [6, 6.07) is 0. The van der Waals surface area contributed by atoms with Crippen molar-refractivity contribution in [2.24, 2.45) is 0 Å². The number of rotatable bonds is 1. The standard InChI is InChI=1S/C4H9NO5S/c6-2-1-5-4(3(2)7)11(8,9)10/h2-7H,1H2,(H,8,9,10)/t2-,3+,4+/m1/s1. The summed E-state index contributed by atoms with van der Waals surface area (Å²) in [5.41, 5.74) is 0. The summed E-state index contributed by atoms with van der Waals surface area (Å²) >= 11 is 0. The van der Waals surface area contributed by atoms with E-state index in [1.807, 2.05) is 0 Å². The number of aliphatic hydroxyl groups is 2. The highest BCUT2D eigenvalue weighted by Crippen LogP contribution is 2.11. The van der Waals surface area contributed by atoms with Gasteiger partial charge in [-0.2, -0.15) is 8.42 Å². The van der Waals surface area contributed by atoms with Crippen molar-refractivity contribution >= 4 is 10.1 Å². The zero-order valence-electron chi connectivity index (χ0n) is 5.51. The van der Waals surface area contributed by atoms with Gasteiger partial charge in [-0.3, -0.25) is 9.87 Å². The van der Waals surface area contributed by atoms with Gasteiger partial charge in [-0.1, -0.05) is 0 Å². The second-order valence-electron chi connectivity index (χ2n) is 2.40. The topological polar surface area (TPSA) is 107 Å². The van der Waals surface area contributed by atoms with Crippen LogP contribution >= 0.6 is 0 Å². The quantitative estimate of drug-likeness (QED) is 0.335. The fraction of sp³-hybridized carbons (Fsp3) is 1.00. The number of nitrogens with one attached hydrogen (secondary N) is 1. The lowest BCUT2D eigenvalue weighted by Crippen LogP contribution is -2.39. The molecule has 66 valence electrons. The van der Waals surface area contributed by atoms with Crippen molar-refractivity contribution in [1.29, 1.82) is 0 Å². The first-order valence-electron chi connectivity index (χ1n) is 2.99. The first kappa shape index (κ1) is 8.88. The lowest BCUT2D eigenvalue weighted by Gasteiger charge is -2.11. The molecule has 1 saturated heterocycles. The maximum atomic E-state index is 10.4. The van der Waals surface area contributed by atoms with Crippen LogP contribution in [0, 0.1) is 0 Å². The highest BCUT2D eigenvalue weighted by molar-refractivity contribution is 7.86. The maximum absolute atomic E-state index is 10.4. The first-order chi connectivity index (χ1) is 4.93. The second kappa shape index (κ2) is 2.68. The van der Waals surface area contributed by atoms with Gasteiger partial charge in [-0.15, -0.1) is 0 Å². The van der Waals surface area contributed by atoms with Crippen LogP contribution < -0.4 is 5.32 Å². The van der Waals surface area contributed by atoms with Crippen molar-refractivity contribution in [3.63, 3.8) is 0 Å². The van der Waals surface area contributed by atoms with Crippen LogP contribution in [0.5, 0.6) is 0 Å². The summed E-state index contributed by atoms with van der Waals surface area (Å²) in [7, 11) is -4.31. The Morgan fingerprint density at radius 3 is 2.09 bits per heavy atom. The molecule has 3 atom stereocenters. The van der Waals surface area contributed by atoms with Gasteiger partial charge in [0.05, 0.1) is 6.10 Å². The Morgan fingerprint density at radius 1 is 1.36 bits per heavy atom. The molecule has 4 N–H and O–H groups in total. The van der Waals surface area contributed by atoms with Crippen LogP contribution in [0.25, 0.3) is 0 Å². The molecule has 1 heterocycles. The molecular formula is C4H9NO5S. The van der Waals surface area contributed by atoms with Crippen molar-refractivity contribution in [3.05, 3.63) is 0 Å². The third-order valence-electron chi connectivity index (χ3n) is 1.55. The summed E-state index contributed by atoms with van der Waals surface area (Å²) in [5, 5.41) is 18.6. The molecule has 6 nitrogen and oxygen atoms in total. The molecule has 0 spiro atoms. The fourth-order valence-electron chi connectivity index (χ4n) is 0.962. The molecule has 11 heavy (non-hydrogen) atoms. The lowest BCUT2D eigenvalue weighted by molar-refractivity contribution is 0.0506. The fourth-order valence-corrected chi connectivity index (χ4v) is 1.80. The van der Waals surface area contributed by atoms with E-state index in [0.717, 1.165) is 0 Å². The summed E-state index contributed by atoms with van der Waals surface area (Å²) in [6.07, 6.45) is -2.59. The van der Waals surface area contributed by atoms with E-state index >= 15 is 0 Å². The van der Waals surface area contributed by atoms with E-state index in [1.165, 1.54) is 0 Å². The van der Waals surface area contributed by atoms with Gasteiger partial charge < -0.3 is 10.2 Å². The van der Waals surface area contributed by atoms with Crippen LogP contribution in [0.4, 0.5) is 0 Å². The van der Waals surface area contributed by atoms with Crippen LogP contribution in [-0.4, -0.2) is 47.3 Å². The average molecular weight is 183 g/mol. The molecule has 1 aliphatic rings. The van der Waals surface area contributed by atoms with Gasteiger partial charge in [0, 0.05) is 6.54 Å². The predicted molar refractivity (Wildman–Crippen MR) is 35.4 cm³/mol. The molecule has 1 aliphatic heterocycles. The number of hydrogen-bond acceptors (Lipinski definition) is 5. The van der Waals surface area contributed by atoms with E-state index in [9.17, 15) is 8.42 Å². The molecular weight excluding hydrogens is 174 g/mol. The van der Waals surface area contributed by atoms with E-state index in [4.69, 9.17) is 14.8 Å². The van der Waals surface area contributed by atoms with Crippen LogP contribution in [0.3, 0.4) is 0 Å². The molecule has 0 unspecified atom stereocenters. The van der Waals surface area contributed by atoms with E-state index < -0.39 is 27.7 Å². The summed E-state index contributed by atoms with van der Waals surface area (Å²) < 4.78 is 29.3. The van der Waals surface area contributed by atoms with E-state index in [1.54, 1.807) is 0 Å². The summed E-state index contributed by atoms with van der Waals surface area (Å²) in [6.45, 7) is -0.0361. The highest BCUT2D eigenvalue weighted by atomic mass is 32.2. The molecule has 1 fully saturated rings. The van der Waals surface area contributed by atoms with Gasteiger partial charge >= 0.3 is 0 Å². The van der Waals surface area contributed by atoms with Gasteiger partial charge in [-0.25, -0.2) is 0 Å². The summed E-state index contributed by atoms with van der Waals surface area (Å²) in [5.74, 6) is 0. The highest BCUT2D eigenvalue weighted by Gasteiger charge is 2.40. The number of hydrogen-bond donors (Lipinski definition) is 4. The number of aliphatic hydroxyl groups excluding tert-OH is 2. The minimum absolute atomic E-state index is 0.0361. The first-order valence-corrected chi connectivity index (χ1v) is 4.49. The van der Waals surface area contributed by atoms with Gasteiger partial charge in [0.1, 0.15) is 6.10 Å². The Hall–Kier alpha value is -0.210. The van der Waals surface area contributed by atoms with Crippen LogP contribution in [0.1, 0.15) is 0 Å². The third kappa shape index (κ3) is 1.68. The van der Waals surface area contributed by atoms with Crippen molar-refractivity contribution in [2.45, 2.75) is 17.6 Å². The molecule has 0 amide bonds. The zero-order valence-corrected chi connectivity index (χ0v) is 6.32. The second-order valence-corrected chi connectivity index (χ2v) is 3.94. The van der Waals surface area contributed by atoms with Crippen molar-refractivity contribution < 1.29 is 23.2 Å². The van der Waals surface area contributed by atoms with Crippen LogP contribution in [0.15, 0.2) is 0 Å². The molecule has 0 aromatic rings. The smallest absolute Gasteiger partial charge is 0.283 e. The minimum Gasteiger partial charge on any atom is -0.389 e. The van der Waals surface area contributed by atoms with Crippen molar-refractivity contribution in [3.8, 4) is 0 Å². The van der Waals surface area contributed by atoms with Crippen molar-refractivity contribution in [2.75, 3.05) is 6.54 Å². The molecule has 0 saturated carbocycles. The maximum Gasteiger partial charge on any atom is 0.283 e. The SMILES string of the molecule is O=S(=O)(O)[C@@H]1NC[C@@H](O)[C@@H]1O. The molecule has 0 aromatic heterocycles. The third-order valence-corrected chi connectivity index (χ3v) is 2.64. The zero-order chi connectivity index (χ0) is 8.65. The Morgan fingerprint density at radius 2 is 1.91 bits per heavy atom. The Kier molecular flexibility index (Phi) is 2.17. The molecule has 0 radical (unpaired) electrons. The van der Waals surface area contributed by atoms with Gasteiger partial charge in [0.25, 0.3) is 10.1 Å². The van der Waals surface area contributed by atoms with Gasteiger partial charge in [-0.05, 0) is 0 Å². The van der Waals surface area contributed by atoms with E-state index in [2.05, 4.69) is 5.32 Å². The van der Waals surface area contributed by atoms with Gasteiger partial charge in [0.15, 0.2) is 5.37 Å². The van der Waals surface area contributed by atoms with E-state index in [-0.39, 0.29) is 6.54 Å². The largest absolute Gasteiger partial charge is 0.389 e. The average Bonchev–Trinajstić information content (AvgIpc) is 2.11. The van der Waals surface area contributed by atoms with Crippen LogP contribution in [0.2, 0.25) is 0 Å². The Balaban J connectivity index is 2.78. The molecule has 0 aromatic carbocycles. The van der Waals surface area contributed by atoms with Crippen LogP contribution in [-0.2, 0) is 10.1 Å². The number of β-amino-alcohol motifs (C(OH)–C–C–N with tert-alkyl or cyclic N) is 1. The van der Waals surface area contributed by atoms with Crippen molar-refractivity contribution in [1.82, 2.24) is 5.32 Å². The molecule has 0 bridgehead atoms. The summed E-state index contributed by atoms with van der Waals surface area (Å²) in [4.78, 5) is 0. The Labute approximate surface area is 63.6 Å². The molecule has 0 aliphatic carbocycles. The normalized spacial score (nSPS) is 39.4. The van der Waals surface area contributed by atoms with Gasteiger partial charge in [0.2, 0.25) is 0 Å².